The summed E-state index contributed by atoms with van der Waals surface area (Å²) in [5, 5.41) is 0. The molecule has 3 nitrogen and oxygen atoms in total. The van der Waals surface area contributed by atoms with Gasteiger partial charge in [0.25, 0.3) is 0 Å². The van der Waals surface area contributed by atoms with Crippen LogP contribution in [0.4, 0.5) is 10.1 Å². The molecule has 0 spiro atoms. The van der Waals surface area contributed by atoms with Crippen molar-refractivity contribution in [1.29, 1.82) is 0 Å². The molecule has 116 valence electrons. The molecule has 0 unspecified atom stereocenters. The van der Waals surface area contributed by atoms with E-state index in [1.165, 1.54) is 12.8 Å². The normalized spacial score (nSPS) is 24.0. The highest BCUT2D eigenvalue weighted by atomic mass is 19.1. The summed E-state index contributed by atoms with van der Waals surface area (Å²) >= 11 is 0. The lowest BCUT2D eigenvalue weighted by atomic mass is 10.0. The van der Waals surface area contributed by atoms with Crippen LogP contribution in [0.3, 0.4) is 0 Å². The molecule has 0 N–H and O–H groups in total. The molecule has 1 aromatic carbocycles. The SMILES string of the molecule is CN(C[C@H]1CCCO1)C1CCN(c2ccccc2F)CC1. The smallest absolute Gasteiger partial charge is 0.146 e. The summed E-state index contributed by atoms with van der Waals surface area (Å²) in [6, 6.07) is 7.68. The lowest BCUT2D eigenvalue weighted by Crippen LogP contribution is -2.45. The number of hydrogen-bond acceptors (Lipinski definition) is 3. The molecular formula is C17H25FN2O. The van der Waals surface area contributed by atoms with Crippen LogP contribution in [-0.2, 0) is 4.74 Å². The highest BCUT2D eigenvalue weighted by molar-refractivity contribution is 5.47. The van der Waals surface area contributed by atoms with E-state index in [2.05, 4.69) is 16.8 Å². The minimum atomic E-state index is -0.108. The molecular weight excluding hydrogens is 267 g/mol. The molecule has 2 heterocycles. The van der Waals surface area contributed by atoms with E-state index in [1.54, 1.807) is 12.1 Å². The third-order valence-corrected chi connectivity index (χ3v) is 4.80. The van der Waals surface area contributed by atoms with Crippen LogP contribution in [0.15, 0.2) is 24.3 Å². The first-order valence-electron chi connectivity index (χ1n) is 8.05. The molecule has 0 aliphatic carbocycles. The van der Waals surface area contributed by atoms with Gasteiger partial charge in [0.15, 0.2) is 0 Å². The number of benzene rings is 1. The van der Waals surface area contributed by atoms with Crippen LogP contribution < -0.4 is 4.90 Å². The maximum atomic E-state index is 13.8. The van der Waals surface area contributed by atoms with Crippen molar-refractivity contribution in [3.63, 3.8) is 0 Å². The number of likely N-dealkylation sites (N-methyl/N-ethyl adjacent to an activating group) is 1. The molecule has 2 fully saturated rings. The Morgan fingerprint density at radius 1 is 1.24 bits per heavy atom. The van der Waals surface area contributed by atoms with Crippen molar-refractivity contribution in [2.45, 2.75) is 37.8 Å². The summed E-state index contributed by atoms with van der Waals surface area (Å²) in [5.41, 5.74) is 0.748. The molecule has 0 bridgehead atoms. The molecule has 1 atom stereocenters. The van der Waals surface area contributed by atoms with E-state index in [1.807, 2.05) is 12.1 Å². The quantitative estimate of drug-likeness (QED) is 0.848. The molecule has 0 aromatic heterocycles. The van der Waals surface area contributed by atoms with Gasteiger partial charge in [0.05, 0.1) is 11.8 Å². The van der Waals surface area contributed by atoms with Crippen molar-refractivity contribution in [1.82, 2.24) is 4.90 Å². The van der Waals surface area contributed by atoms with Crippen LogP contribution in [0.1, 0.15) is 25.7 Å². The van der Waals surface area contributed by atoms with Gasteiger partial charge >= 0.3 is 0 Å². The van der Waals surface area contributed by atoms with Crippen molar-refractivity contribution in [3.8, 4) is 0 Å². The van der Waals surface area contributed by atoms with E-state index in [9.17, 15) is 4.39 Å². The molecule has 21 heavy (non-hydrogen) atoms. The number of rotatable bonds is 4. The Kier molecular flexibility index (Phi) is 4.76. The highest BCUT2D eigenvalue weighted by Gasteiger charge is 2.26. The first-order valence-corrected chi connectivity index (χ1v) is 8.05. The van der Waals surface area contributed by atoms with Gasteiger partial charge in [0, 0.05) is 32.3 Å². The fourth-order valence-corrected chi connectivity index (χ4v) is 3.51. The number of anilines is 1. The summed E-state index contributed by atoms with van der Waals surface area (Å²) in [6.45, 7) is 3.82. The second-order valence-electron chi connectivity index (χ2n) is 6.24. The average molecular weight is 292 g/mol. The van der Waals surface area contributed by atoms with E-state index in [0.29, 0.717) is 12.1 Å². The van der Waals surface area contributed by atoms with Crippen LogP contribution in [-0.4, -0.2) is 50.3 Å². The second-order valence-corrected chi connectivity index (χ2v) is 6.24. The van der Waals surface area contributed by atoms with Gasteiger partial charge in [-0.25, -0.2) is 4.39 Å². The number of para-hydroxylation sites is 1. The van der Waals surface area contributed by atoms with Gasteiger partial charge in [0.2, 0.25) is 0 Å². The Morgan fingerprint density at radius 2 is 2.00 bits per heavy atom. The van der Waals surface area contributed by atoms with E-state index in [4.69, 9.17) is 4.74 Å². The molecule has 0 radical (unpaired) electrons. The fraction of sp³-hybridized carbons (Fsp3) is 0.647. The molecule has 2 aliphatic heterocycles. The van der Waals surface area contributed by atoms with E-state index >= 15 is 0 Å². The summed E-state index contributed by atoms with van der Waals surface area (Å²) in [6.07, 6.45) is 5.00. The largest absolute Gasteiger partial charge is 0.377 e. The maximum Gasteiger partial charge on any atom is 0.146 e. The fourth-order valence-electron chi connectivity index (χ4n) is 3.51. The van der Waals surface area contributed by atoms with Gasteiger partial charge in [-0.2, -0.15) is 0 Å². The Bertz CT molecular complexity index is 454. The van der Waals surface area contributed by atoms with Gasteiger partial charge in [0.1, 0.15) is 5.82 Å². The van der Waals surface area contributed by atoms with Crippen LogP contribution >= 0.6 is 0 Å². The van der Waals surface area contributed by atoms with Crippen molar-refractivity contribution in [2.24, 2.45) is 0 Å². The second kappa shape index (κ2) is 6.75. The summed E-state index contributed by atoms with van der Waals surface area (Å²) < 4.78 is 19.6. The first-order chi connectivity index (χ1) is 10.2. The first kappa shape index (κ1) is 14.8. The van der Waals surface area contributed by atoms with Crippen molar-refractivity contribution < 1.29 is 9.13 Å². The summed E-state index contributed by atoms with van der Waals surface area (Å²) in [4.78, 5) is 4.61. The molecule has 3 rings (SSSR count). The summed E-state index contributed by atoms with van der Waals surface area (Å²) in [5.74, 6) is -0.108. The van der Waals surface area contributed by atoms with Crippen molar-refractivity contribution in [3.05, 3.63) is 30.1 Å². The monoisotopic (exact) mass is 292 g/mol. The Hall–Kier alpha value is -1.13. The number of piperidine rings is 1. The van der Waals surface area contributed by atoms with Crippen LogP contribution in [0.25, 0.3) is 0 Å². The third kappa shape index (κ3) is 3.55. The number of nitrogens with zero attached hydrogens (tertiary/aromatic N) is 2. The average Bonchev–Trinajstić information content (AvgIpc) is 3.01. The zero-order valence-electron chi connectivity index (χ0n) is 12.8. The predicted octanol–water partition coefficient (Wildman–Crippen LogP) is 2.91. The van der Waals surface area contributed by atoms with Crippen LogP contribution in [0.5, 0.6) is 0 Å². The molecule has 0 saturated carbocycles. The van der Waals surface area contributed by atoms with E-state index < -0.39 is 0 Å². The van der Waals surface area contributed by atoms with Crippen molar-refractivity contribution >= 4 is 5.69 Å². The molecule has 0 amide bonds. The molecule has 4 heteroatoms. The van der Waals surface area contributed by atoms with Crippen LogP contribution in [0, 0.1) is 5.82 Å². The van der Waals surface area contributed by atoms with Gasteiger partial charge in [-0.15, -0.1) is 0 Å². The van der Waals surface area contributed by atoms with Gasteiger partial charge in [-0.3, -0.25) is 0 Å². The Morgan fingerprint density at radius 3 is 2.67 bits per heavy atom. The van der Waals surface area contributed by atoms with E-state index in [-0.39, 0.29) is 5.82 Å². The van der Waals surface area contributed by atoms with Gasteiger partial charge < -0.3 is 14.5 Å². The zero-order chi connectivity index (χ0) is 14.7. The topological polar surface area (TPSA) is 15.7 Å². The van der Waals surface area contributed by atoms with Gasteiger partial charge in [-0.1, -0.05) is 12.1 Å². The lowest BCUT2D eigenvalue weighted by molar-refractivity contribution is 0.0635. The number of halogens is 1. The van der Waals surface area contributed by atoms with E-state index in [0.717, 1.165) is 44.8 Å². The summed E-state index contributed by atoms with van der Waals surface area (Å²) in [7, 11) is 2.20. The number of hydrogen-bond donors (Lipinski definition) is 0. The Labute approximate surface area is 126 Å². The van der Waals surface area contributed by atoms with Gasteiger partial charge in [-0.05, 0) is 44.9 Å². The van der Waals surface area contributed by atoms with Crippen molar-refractivity contribution in [2.75, 3.05) is 38.2 Å². The highest BCUT2D eigenvalue weighted by Crippen LogP contribution is 2.25. The number of ether oxygens (including phenoxy) is 1. The van der Waals surface area contributed by atoms with Crippen LogP contribution in [0.2, 0.25) is 0 Å². The lowest BCUT2D eigenvalue weighted by Gasteiger charge is -2.38. The minimum Gasteiger partial charge on any atom is -0.377 e. The zero-order valence-corrected chi connectivity index (χ0v) is 12.8. The standard InChI is InChI=1S/C17H25FN2O/c1-19(13-15-5-4-12-21-15)14-8-10-20(11-9-14)17-7-3-2-6-16(17)18/h2-3,6-7,14-15H,4-5,8-13H2,1H3/t15-/m1/s1. The maximum absolute atomic E-state index is 13.8. The Balaban J connectivity index is 1.51. The molecule has 2 saturated heterocycles. The molecule has 2 aliphatic rings. The predicted molar refractivity (Wildman–Crippen MR) is 83.2 cm³/mol. The third-order valence-electron chi connectivity index (χ3n) is 4.80. The minimum absolute atomic E-state index is 0.108. The molecule has 1 aromatic rings.